The van der Waals surface area contributed by atoms with E-state index >= 15 is 0 Å². The van der Waals surface area contributed by atoms with Gasteiger partial charge in [0, 0.05) is 12.0 Å². The molecule has 0 bridgehead atoms. The van der Waals surface area contributed by atoms with E-state index < -0.39 is 5.82 Å². The maximum Gasteiger partial charge on any atom is 0.280 e. The molecule has 6 heteroatoms. The van der Waals surface area contributed by atoms with E-state index in [4.69, 9.17) is 0 Å². The Balaban J connectivity index is 1.71. The van der Waals surface area contributed by atoms with Gasteiger partial charge in [0.1, 0.15) is 11.6 Å². The Morgan fingerprint density at radius 3 is 2.68 bits per heavy atom. The zero-order chi connectivity index (χ0) is 17.4. The lowest BCUT2D eigenvalue weighted by atomic mass is 10.1. The van der Waals surface area contributed by atoms with Crippen LogP contribution in [0.1, 0.15) is 30.1 Å². The molecule has 4 rings (SSSR count). The Labute approximate surface area is 143 Å². The molecule has 0 spiro atoms. The van der Waals surface area contributed by atoms with Crippen molar-refractivity contribution in [2.75, 3.05) is 5.43 Å². The predicted molar refractivity (Wildman–Crippen MR) is 92.4 cm³/mol. The number of nitrogens with one attached hydrogen (secondary N) is 1. The lowest BCUT2D eigenvalue weighted by Gasteiger charge is -2.14. The van der Waals surface area contributed by atoms with Crippen molar-refractivity contribution in [2.45, 2.75) is 25.2 Å². The van der Waals surface area contributed by atoms with Crippen LogP contribution in [-0.2, 0) is 11.2 Å². The number of aromatic nitrogens is 2. The Morgan fingerprint density at radius 1 is 1.20 bits per heavy atom. The minimum atomic E-state index is -0.438. The average Bonchev–Trinajstić information content (AvgIpc) is 3.43. The van der Waals surface area contributed by atoms with Crippen molar-refractivity contribution < 1.29 is 9.18 Å². The van der Waals surface area contributed by atoms with Crippen molar-refractivity contribution in [3.8, 4) is 0 Å². The Morgan fingerprint density at radius 2 is 1.96 bits per heavy atom. The smallest absolute Gasteiger partial charge is 0.273 e. The molecule has 1 fully saturated rings. The zero-order valence-electron chi connectivity index (χ0n) is 13.4. The number of carbonyl (C=O) groups is 1. The highest BCUT2D eigenvalue weighted by molar-refractivity contribution is 5.86. The molecular weight excluding hydrogens is 321 g/mol. The number of amides is 1. The zero-order valence-corrected chi connectivity index (χ0v) is 13.4. The van der Waals surface area contributed by atoms with Crippen molar-refractivity contribution in [2.24, 2.45) is 0 Å². The summed E-state index contributed by atoms with van der Waals surface area (Å²) in [6.45, 7) is 0. The second kappa shape index (κ2) is 6.12. The maximum absolute atomic E-state index is 13.5. The number of carbonyl (C=O) groups excluding carboxylic acids is 1. The van der Waals surface area contributed by atoms with Gasteiger partial charge in [0.15, 0.2) is 0 Å². The third-order valence-electron chi connectivity index (χ3n) is 4.24. The van der Waals surface area contributed by atoms with Crippen LogP contribution in [0.2, 0.25) is 0 Å². The Hall–Kier alpha value is -3.02. The molecule has 1 aliphatic rings. The maximum atomic E-state index is 13.5. The molecule has 1 heterocycles. The van der Waals surface area contributed by atoms with Gasteiger partial charge >= 0.3 is 0 Å². The predicted octanol–water partition coefficient (Wildman–Crippen LogP) is 2.73. The summed E-state index contributed by atoms with van der Waals surface area (Å²) in [5.41, 5.74) is 3.46. The van der Waals surface area contributed by atoms with Crippen LogP contribution in [-0.4, -0.2) is 15.6 Å². The highest BCUT2D eigenvalue weighted by Gasteiger charge is 2.30. The van der Waals surface area contributed by atoms with E-state index in [0.717, 1.165) is 18.4 Å². The fraction of sp³-hybridized carbons (Fsp3) is 0.211. The Bertz CT molecular complexity index is 1010. The van der Waals surface area contributed by atoms with Crippen molar-refractivity contribution in [3.05, 3.63) is 76.1 Å². The molecule has 3 aromatic rings. The van der Waals surface area contributed by atoms with Gasteiger partial charge in [-0.15, -0.1) is 0 Å². The molecule has 1 aromatic heterocycles. The normalized spacial score (nSPS) is 13.8. The van der Waals surface area contributed by atoms with Crippen molar-refractivity contribution in [1.82, 2.24) is 9.66 Å². The lowest BCUT2D eigenvalue weighted by molar-refractivity contribution is -0.116. The molecule has 1 saturated carbocycles. The highest BCUT2D eigenvalue weighted by atomic mass is 19.1. The monoisotopic (exact) mass is 337 g/mol. The summed E-state index contributed by atoms with van der Waals surface area (Å²) in [5, 5.41) is 0.283. The van der Waals surface area contributed by atoms with E-state index in [9.17, 15) is 14.0 Å². The van der Waals surface area contributed by atoms with Crippen LogP contribution in [0.15, 0.2) is 53.3 Å². The van der Waals surface area contributed by atoms with Crippen molar-refractivity contribution in [1.29, 1.82) is 0 Å². The topological polar surface area (TPSA) is 64.0 Å². The number of halogens is 1. The van der Waals surface area contributed by atoms with Crippen molar-refractivity contribution >= 4 is 16.8 Å². The number of rotatable bonds is 4. The molecule has 0 radical (unpaired) electrons. The minimum Gasteiger partial charge on any atom is -0.273 e. The molecule has 1 N–H and O–H groups in total. The van der Waals surface area contributed by atoms with E-state index in [1.54, 1.807) is 0 Å². The second-order valence-corrected chi connectivity index (χ2v) is 6.24. The molecule has 0 saturated heterocycles. The van der Waals surface area contributed by atoms with Crippen LogP contribution in [0.3, 0.4) is 0 Å². The van der Waals surface area contributed by atoms with Crippen LogP contribution < -0.4 is 11.0 Å². The summed E-state index contributed by atoms with van der Waals surface area (Å²) in [4.78, 5) is 29.6. The van der Waals surface area contributed by atoms with Gasteiger partial charge in [-0.05, 0) is 30.5 Å². The molecule has 1 amide bonds. The number of hydrogen-bond donors (Lipinski definition) is 1. The van der Waals surface area contributed by atoms with Gasteiger partial charge in [0.25, 0.3) is 5.56 Å². The third kappa shape index (κ3) is 3.15. The number of fused-ring (bicyclic) bond motifs is 1. The minimum absolute atomic E-state index is 0.123. The average molecular weight is 337 g/mol. The summed E-state index contributed by atoms with van der Waals surface area (Å²) in [6.07, 6.45) is 1.97. The molecule has 0 aliphatic heterocycles. The van der Waals surface area contributed by atoms with E-state index in [2.05, 4.69) is 10.4 Å². The molecule has 126 valence electrons. The molecule has 5 nitrogen and oxygen atoms in total. The first-order valence-corrected chi connectivity index (χ1v) is 8.18. The van der Waals surface area contributed by atoms with E-state index in [-0.39, 0.29) is 29.2 Å². The third-order valence-corrected chi connectivity index (χ3v) is 4.24. The lowest BCUT2D eigenvalue weighted by Crippen LogP contribution is -2.37. The van der Waals surface area contributed by atoms with Gasteiger partial charge in [0.05, 0.1) is 17.3 Å². The summed E-state index contributed by atoms with van der Waals surface area (Å²) in [6, 6.07) is 13.2. The largest absolute Gasteiger partial charge is 0.280 e. The molecular formula is C19H16FN3O2. The fourth-order valence-electron chi connectivity index (χ4n) is 2.84. The fourth-order valence-corrected chi connectivity index (χ4v) is 2.84. The quantitative estimate of drug-likeness (QED) is 0.796. The van der Waals surface area contributed by atoms with Gasteiger partial charge in [-0.1, -0.05) is 30.3 Å². The van der Waals surface area contributed by atoms with Gasteiger partial charge in [0.2, 0.25) is 5.91 Å². The molecule has 2 aromatic carbocycles. The molecule has 0 atom stereocenters. The van der Waals surface area contributed by atoms with Gasteiger partial charge in [-0.3, -0.25) is 15.0 Å². The molecule has 0 unspecified atom stereocenters. The summed E-state index contributed by atoms with van der Waals surface area (Å²) >= 11 is 0. The van der Waals surface area contributed by atoms with E-state index in [1.165, 1.54) is 22.9 Å². The summed E-state index contributed by atoms with van der Waals surface area (Å²) in [5.74, 6) is -0.118. The highest BCUT2D eigenvalue weighted by Crippen LogP contribution is 2.38. The SMILES string of the molecule is O=C(Cc1ccccc1)Nn1c(C2CC2)nc2cc(F)ccc2c1=O. The van der Waals surface area contributed by atoms with Gasteiger partial charge < -0.3 is 0 Å². The van der Waals surface area contributed by atoms with E-state index in [0.29, 0.717) is 11.3 Å². The number of benzene rings is 2. The van der Waals surface area contributed by atoms with Crippen molar-refractivity contribution in [3.63, 3.8) is 0 Å². The number of nitrogens with zero attached hydrogens (tertiary/aromatic N) is 2. The second-order valence-electron chi connectivity index (χ2n) is 6.24. The van der Waals surface area contributed by atoms with Crippen LogP contribution in [0.25, 0.3) is 10.9 Å². The molecule has 25 heavy (non-hydrogen) atoms. The first-order valence-electron chi connectivity index (χ1n) is 8.18. The van der Waals surface area contributed by atoms with Crippen LogP contribution in [0, 0.1) is 5.82 Å². The first kappa shape index (κ1) is 15.5. The van der Waals surface area contributed by atoms with Gasteiger partial charge in [-0.2, -0.15) is 0 Å². The van der Waals surface area contributed by atoms with E-state index in [1.807, 2.05) is 30.3 Å². The number of hydrogen-bond acceptors (Lipinski definition) is 3. The van der Waals surface area contributed by atoms with Crippen LogP contribution >= 0.6 is 0 Å². The van der Waals surface area contributed by atoms with Crippen LogP contribution in [0.4, 0.5) is 4.39 Å². The Kier molecular flexibility index (Phi) is 3.80. The first-order chi connectivity index (χ1) is 12.1. The molecule has 1 aliphatic carbocycles. The standard InChI is InChI=1S/C19H16FN3O2/c20-14-8-9-15-16(11-14)21-18(13-6-7-13)23(19(15)25)22-17(24)10-12-4-2-1-3-5-12/h1-5,8-9,11,13H,6-7,10H2,(H,22,24). The summed E-state index contributed by atoms with van der Waals surface area (Å²) in [7, 11) is 0. The van der Waals surface area contributed by atoms with Gasteiger partial charge in [-0.25, -0.2) is 14.1 Å². The van der Waals surface area contributed by atoms with Crippen LogP contribution in [0.5, 0.6) is 0 Å². The summed E-state index contributed by atoms with van der Waals surface area (Å²) < 4.78 is 14.7.